The third kappa shape index (κ3) is 3.36. The van der Waals surface area contributed by atoms with Gasteiger partial charge in [0.2, 0.25) is 0 Å². The predicted molar refractivity (Wildman–Crippen MR) is 68.9 cm³/mol. The van der Waals surface area contributed by atoms with E-state index in [0.717, 1.165) is 29.5 Å². The van der Waals surface area contributed by atoms with Crippen molar-refractivity contribution in [2.45, 2.75) is 13.3 Å². The van der Waals surface area contributed by atoms with E-state index in [1.165, 1.54) is 6.33 Å². The predicted octanol–water partition coefficient (Wildman–Crippen LogP) is 1.18. The van der Waals surface area contributed by atoms with Crippen LogP contribution in [0.3, 0.4) is 0 Å². The molecule has 0 spiro atoms. The third-order valence-electron chi connectivity index (χ3n) is 2.17. The normalized spacial score (nSPS) is 10.2. The van der Waals surface area contributed by atoms with Crippen LogP contribution in [0, 0.1) is 6.92 Å². The highest BCUT2D eigenvalue weighted by Crippen LogP contribution is 2.10. The molecule has 0 radical (unpaired) electrons. The minimum atomic E-state index is 0.590. The van der Waals surface area contributed by atoms with E-state index >= 15 is 0 Å². The molecule has 0 atom stereocenters. The molecular formula is C10H14N6S. The molecule has 2 aromatic heterocycles. The standard InChI is InChI=1S/C10H14N6S/c1-7-15-8(5-17-7)2-3-12-9-4-10(16-11)14-6-13-9/h4-6H,2-3,11H2,1H3,(H2,12,13,14,16). The Kier molecular flexibility index (Phi) is 3.84. The molecule has 2 rings (SSSR count). The van der Waals surface area contributed by atoms with E-state index in [1.807, 2.05) is 6.92 Å². The van der Waals surface area contributed by atoms with E-state index < -0.39 is 0 Å². The van der Waals surface area contributed by atoms with E-state index in [0.29, 0.717) is 5.82 Å². The summed E-state index contributed by atoms with van der Waals surface area (Å²) in [6.45, 7) is 2.79. The van der Waals surface area contributed by atoms with Crippen LogP contribution in [0.5, 0.6) is 0 Å². The maximum absolute atomic E-state index is 5.26. The second-order valence-corrected chi connectivity index (χ2v) is 4.53. The number of thiazole rings is 1. The van der Waals surface area contributed by atoms with Crippen LogP contribution in [-0.4, -0.2) is 21.5 Å². The van der Waals surface area contributed by atoms with E-state index in [1.54, 1.807) is 17.4 Å². The van der Waals surface area contributed by atoms with Crippen LogP contribution in [0.2, 0.25) is 0 Å². The number of hydrogen-bond donors (Lipinski definition) is 3. The molecular weight excluding hydrogens is 236 g/mol. The van der Waals surface area contributed by atoms with Crippen molar-refractivity contribution in [3.05, 3.63) is 28.5 Å². The average Bonchev–Trinajstić information content (AvgIpc) is 2.75. The van der Waals surface area contributed by atoms with E-state index in [-0.39, 0.29) is 0 Å². The van der Waals surface area contributed by atoms with Crippen molar-refractivity contribution in [2.24, 2.45) is 5.84 Å². The molecule has 0 fully saturated rings. The monoisotopic (exact) mass is 250 g/mol. The molecule has 0 bridgehead atoms. The van der Waals surface area contributed by atoms with Crippen molar-refractivity contribution < 1.29 is 0 Å². The number of nitrogens with zero attached hydrogens (tertiary/aromatic N) is 3. The Hall–Kier alpha value is -1.73. The largest absolute Gasteiger partial charge is 0.370 e. The Morgan fingerprint density at radius 1 is 1.35 bits per heavy atom. The lowest BCUT2D eigenvalue weighted by atomic mass is 10.3. The maximum Gasteiger partial charge on any atom is 0.145 e. The summed E-state index contributed by atoms with van der Waals surface area (Å²) in [7, 11) is 0. The zero-order valence-electron chi connectivity index (χ0n) is 9.47. The summed E-state index contributed by atoms with van der Waals surface area (Å²) in [4.78, 5) is 12.4. The molecule has 0 unspecified atom stereocenters. The van der Waals surface area contributed by atoms with Gasteiger partial charge in [0.1, 0.15) is 18.0 Å². The third-order valence-corrected chi connectivity index (χ3v) is 2.99. The number of anilines is 2. The fourth-order valence-electron chi connectivity index (χ4n) is 1.37. The van der Waals surface area contributed by atoms with Gasteiger partial charge in [-0.05, 0) is 6.92 Å². The number of rotatable bonds is 5. The average molecular weight is 250 g/mol. The first-order valence-electron chi connectivity index (χ1n) is 5.21. The van der Waals surface area contributed by atoms with Crippen molar-refractivity contribution in [1.29, 1.82) is 0 Å². The molecule has 17 heavy (non-hydrogen) atoms. The number of hydrazine groups is 1. The number of nitrogens with one attached hydrogen (secondary N) is 2. The van der Waals surface area contributed by atoms with Gasteiger partial charge in [-0.25, -0.2) is 20.8 Å². The Morgan fingerprint density at radius 2 is 2.18 bits per heavy atom. The second kappa shape index (κ2) is 5.55. The molecule has 6 nitrogen and oxygen atoms in total. The molecule has 0 aliphatic carbocycles. The van der Waals surface area contributed by atoms with Crippen molar-refractivity contribution >= 4 is 23.0 Å². The number of aryl methyl sites for hydroxylation is 1. The van der Waals surface area contributed by atoms with E-state index in [2.05, 4.69) is 31.1 Å². The van der Waals surface area contributed by atoms with Gasteiger partial charge in [0.05, 0.1) is 10.7 Å². The van der Waals surface area contributed by atoms with Crippen LogP contribution >= 0.6 is 11.3 Å². The topological polar surface area (TPSA) is 88.8 Å². The molecule has 0 amide bonds. The second-order valence-electron chi connectivity index (χ2n) is 3.47. The van der Waals surface area contributed by atoms with Crippen LogP contribution < -0.4 is 16.6 Å². The van der Waals surface area contributed by atoms with Crippen molar-refractivity contribution in [2.75, 3.05) is 17.3 Å². The molecule has 2 aromatic rings. The molecule has 0 aliphatic heterocycles. The molecule has 0 aromatic carbocycles. The van der Waals surface area contributed by atoms with Gasteiger partial charge < -0.3 is 10.7 Å². The van der Waals surface area contributed by atoms with Gasteiger partial charge in [-0.3, -0.25) is 0 Å². The molecule has 2 heterocycles. The summed E-state index contributed by atoms with van der Waals surface area (Å²) in [5.74, 6) is 6.60. The van der Waals surface area contributed by atoms with Crippen LogP contribution in [0.1, 0.15) is 10.7 Å². The summed E-state index contributed by atoms with van der Waals surface area (Å²) >= 11 is 1.67. The van der Waals surface area contributed by atoms with Crippen LogP contribution in [0.15, 0.2) is 17.8 Å². The van der Waals surface area contributed by atoms with Gasteiger partial charge >= 0.3 is 0 Å². The summed E-state index contributed by atoms with van der Waals surface area (Å²) in [6.07, 6.45) is 2.34. The Balaban J connectivity index is 1.85. The first-order chi connectivity index (χ1) is 8.28. The lowest BCUT2D eigenvalue weighted by molar-refractivity contribution is 0.957. The van der Waals surface area contributed by atoms with Crippen LogP contribution in [0.25, 0.3) is 0 Å². The van der Waals surface area contributed by atoms with Crippen molar-refractivity contribution in [1.82, 2.24) is 15.0 Å². The van der Waals surface area contributed by atoms with Gasteiger partial charge in [-0.2, -0.15) is 0 Å². The highest BCUT2D eigenvalue weighted by molar-refractivity contribution is 7.09. The van der Waals surface area contributed by atoms with Gasteiger partial charge in [-0.15, -0.1) is 11.3 Å². The fraction of sp³-hybridized carbons (Fsp3) is 0.300. The summed E-state index contributed by atoms with van der Waals surface area (Å²) in [6, 6.07) is 1.76. The molecule has 7 heteroatoms. The van der Waals surface area contributed by atoms with Gasteiger partial charge in [0, 0.05) is 24.4 Å². The zero-order valence-corrected chi connectivity index (χ0v) is 10.3. The smallest absolute Gasteiger partial charge is 0.145 e. The first kappa shape index (κ1) is 11.7. The minimum absolute atomic E-state index is 0.590. The summed E-state index contributed by atoms with van der Waals surface area (Å²) in [5, 5.41) is 6.36. The summed E-state index contributed by atoms with van der Waals surface area (Å²) < 4.78 is 0. The van der Waals surface area contributed by atoms with Crippen molar-refractivity contribution in [3.8, 4) is 0 Å². The highest BCUT2D eigenvalue weighted by Gasteiger charge is 1.99. The molecule has 0 saturated heterocycles. The van der Waals surface area contributed by atoms with Crippen molar-refractivity contribution in [3.63, 3.8) is 0 Å². The lowest BCUT2D eigenvalue weighted by Crippen LogP contribution is -2.11. The number of nitrogens with two attached hydrogens (primary N) is 1. The number of aromatic nitrogens is 3. The molecule has 4 N–H and O–H groups in total. The Bertz CT molecular complexity index is 483. The van der Waals surface area contributed by atoms with E-state index in [9.17, 15) is 0 Å². The quantitative estimate of drug-likeness (QED) is 0.545. The number of nitrogen functional groups attached to an aromatic ring is 1. The zero-order chi connectivity index (χ0) is 12.1. The molecule has 0 aliphatic rings. The Labute approximate surface area is 103 Å². The number of hydrogen-bond acceptors (Lipinski definition) is 7. The summed E-state index contributed by atoms with van der Waals surface area (Å²) in [5.41, 5.74) is 3.58. The van der Waals surface area contributed by atoms with Gasteiger partial charge in [-0.1, -0.05) is 0 Å². The van der Waals surface area contributed by atoms with Gasteiger partial charge in [0.25, 0.3) is 0 Å². The van der Waals surface area contributed by atoms with Crippen LogP contribution in [-0.2, 0) is 6.42 Å². The van der Waals surface area contributed by atoms with Crippen LogP contribution in [0.4, 0.5) is 11.6 Å². The minimum Gasteiger partial charge on any atom is -0.370 e. The Morgan fingerprint density at radius 3 is 2.88 bits per heavy atom. The van der Waals surface area contributed by atoms with Gasteiger partial charge in [0.15, 0.2) is 0 Å². The molecule has 0 saturated carbocycles. The first-order valence-corrected chi connectivity index (χ1v) is 6.09. The maximum atomic E-state index is 5.26. The lowest BCUT2D eigenvalue weighted by Gasteiger charge is -2.05. The fourth-order valence-corrected chi connectivity index (χ4v) is 2.02. The molecule has 90 valence electrons. The van der Waals surface area contributed by atoms with E-state index in [4.69, 9.17) is 5.84 Å². The highest BCUT2D eigenvalue weighted by atomic mass is 32.1. The SMILES string of the molecule is Cc1nc(CCNc2cc(NN)ncn2)cs1.